The van der Waals surface area contributed by atoms with Gasteiger partial charge in [0.25, 0.3) is 5.78 Å². The molecule has 0 spiro atoms. The van der Waals surface area contributed by atoms with Gasteiger partial charge < -0.3 is 14.7 Å². The van der Waals surface area contributed by atoms with Crippen molar-refractivity contribution < 1.29 is 19.4 Å². The first kappa shape index (κ1) is 26.0. The Balaban J connectivity index is 1.76. The Hall–Kier alpha value is -3.59. The van der Waals surface area contributed by atoms with Crippen LogP contribution in [0.4, 0.5) is 10.8 Å². The second-order valence-corrected chi connectivity index (χ2v) is 10.9. The van der Waals surface area contributed by atoms with Crippen LogP contribution in [0.3, 0.4) is 0 Å². The van der Waals surface area contributed by atoms with Crippen molar-refractivity contribution in [2.45, 2.75) is 13.0 Å². The lowest BCUT2D eigenvalue weighted by Gasteiger charge is -2.24. The molecular formula is C28H23Cl2N3O4S. The van der Waals surface area contributed by atoms with Gasteiger partial charge >= 0.3 is 5.91 Å². The van der Waals surface area contributed by atoms with Crippen LogP contribution < -0.4 is 14.5 Å². The van der Waals surface area contributed by atoms with Crippen molar-refractivity contribution in [1.29, 1.82) is 0 Å². The number of hydrogen-bond acceptors (Lipinski definition) is 7. The third-order valence-electron chi connectivity index (χ3n) is 6.38. The summed E-state index contributed by atoms with van der Waals surface area (Å²) in [7, 11) is 5.23. The second-order valence-electron chi connectivity index (χ2n) is 9.09. The molecule has 1 aliphatic rings. The average Bonchev–Trinajstić information content (AvgIpc) is 3.40. The molecule has 1 amide bonds. The lowest BCUT2D eigenvalue weighted by molar-refractivity contribution is -0.132. The summed E-state index contributed by atoms with van der Waals surface area (Å²) in [6.07, 6.45) is 0. The normalized spacial score (nSPS) is 16.9. The zero-order chi connectivity index (χ0) is 27.3. The number of nitrogens with zero attached hydrogens (tertiary/aromatic N) is 3. The number of amides is 1. The molecule has 38 heavy (non-hydrogen) atoms. The molecule has 1 aromatic heterocycles. The van der Waals surface area contributed by atoms with Crippen molar-refractivity contribution >= 4 is 73.0 Å². The number of benzene rings is 3. The summed E-state index contributed by atoms with van der Waals surface area (Å²) in [5.74, 6) is -1.95. The number of carbonyl (C=O) groups excluding carboxylic acids is 2. The summed E-state index contributed by atoms with van der Waals surface area (Å²) in [5, 5.41) is 12.3. The molecule has 7 nitrogen and oxygen atoms in total. The van der Waals surface area contributed by atoms with Gasteiger partial charge in [0.2, 0.25) is 0 Å². The zero-order valence-corrected chi connectivity index (χ0v) is 23.3. The molecule has 1 unspecified atom stereocenters. The van der Waals surface area contributed by atoms with Crippen molar-refractivity contribution in [3.8, 4) is 5.75 Å². The molecule has 1 saturated heterocycles. The third kappa shape index (κ3) is 4.38. The number of methoxy groups -OCH3 is 1. The molecule has 1 atom stereocenters. The summed E-state index contributed by atoms with van der Waals surface area (Å²) in [6.45, 7) is 1.97. The van der Waals surface area contributed by atoms with Gasteiger partial charge in [0, 0.05) is 24.8 Å². The molecule has 1 N–H and O–H groups in total. The van der Waals surface area contributed by atoms with Crippen molar-refractivity contribution in [3.05, 3.63) is 86.9 Å². The molecule has 1 aliphatic heterocycles. The first-order valence-corrected chi connectivity index (χ1v) is 13.2. The quantitative estimate of drug-likeness (QED) is 0.166. The molecule has 5 rings (SSSR count). The van der Waals surface area contributed by atoms with Crippen molar-refractivity contribution in [1.82, 2.24) is 4.98 Å². The van der Waals surface area contributed by atoms with E-state index in [1.807, 2.05) is 68.4 Å². The smallest absolute Gasteiger partial charge is 0.301 e. The van der Waals surface area contributed by atoms with E-state index in [1.54, 1.807) is 0 Å². The SMILES string of the molecule is COc1c(Cl)cc(Cl)cc1/C(O)=C1\C(=O)C(=O)N(c2nc3ccc(C)cc3s2)C1c1ccc(N(C)C)cc1. The Labute approximate surface area is 233 Å². The van der Waals surface area contributed by atoms with E-state index in [9.17, 15) is 14.7 Å². The maximum atomic E-state index is 13.6. The zero-order valence-electron chi connectivity index (χ0n) is 21.0. The fourth-order valence-corrected chi connectivity index (χ4v) is 6.17. The number of fused-ring (bicyclic) bond motifs is 1. The highest BCUT2D eigenvalue weighted by atomic mass is 35.5. The van der Waals surface area contributed by atoms with Crippen molar-refractivity contribution in [2.24, 2.45) is 0 Å². The highest BCUT2D eigenvalue weighted by Crippen LogP contribution is 2.46. The Morgan fingerprint density at radius 2 is 1.79 bits per heavy atom. The number of anilines is 2. The number of aliphatic hydroxyl groups excluding tert-OH is 1. The second kappa shape index (κ2) is 9.94. The lowest BCUT2D eigenvalue weighted by Crippen LogP contribution is -2.29. The van der Waals surface area contributed by atoms with Crippen LogP contribution in [0, 0.1) is 6.92 Å². The van der Waals surface area contributed by atoms with Crippen molar-refractivity contribution in [2.75, 3.05) is 31.0 Å². The van der Waals surface area contributed by atoms with E-state index >= 15 is 0 Å². The molecule has 1 fully saturated rings. The number of hydrogen-bond donors (Lipinski definition) is 1. The molecule has 0 aliphatic carbocycles. The van der Waals surface area contributed by atoms with E-state index in [0.29, 0.717) is 16.2 Å². The van der Waals surface area contributed by atoms with Crippen molar-refractivity contribution in [3.63, 3.8) is 0 Å². The van der Waals surface area contributed by atoms with Gasteiger partial charge in [-0.3, -0.25) is 14.5 Å². The summed E-state index contributed by atoms with van der Waals surface area (Å²) in [5.41, 5.74) is 3.32. The highest BCUT2D eigenvalue weighted by molar-refractivity contribution is 7.22. The molecule has 3 aromatic carbocycles. The summed E-state index contributed by atoms with van der Waals surface area (Å²) in [6, 6.07) is 15.2. The molecule has 10 heteroatoms. The predicted molar refractivity (Wildman–Crippen MR) is 153 cm³/mol. The lowest BCUT2D eigenvalue weighted by atomic mass is 9.95. The van der Waals surface area contributed by atoms with Gasteiger partial charge in [-0.2, -0.15) is 0 Å². The number of aliphatic hydroxyl groups is 1. The van der Waals surface area contributed by atoms with Gasteiger partial charge in [0.05, 0.1) is 39.5 Å². The van der Waals surface area contributed by atoms with E-state index in [0.717, 1.165) is 16.0 Å². The van der Waals surface area contributed by atoms with Crippen LogP contribution in [0.5, 0.6) is 5.75 Å². The van der Waals surface area contributed by atoms with Gasteiger partial charge in [0.1, 0.15) is 11.5 Å². The van der Waals surface area contributed by atoms with E-state index in [1.165, 1.54) is 35.5 Å². The topological polar surface area (TPSA) is 83.0 Å². The average molecular weight is 568 g/mol. The summed E-state index contributed by atoms with van der Waals surface area (Å²) in [4.78, 5) is 35.1. The predicted octanol–water partition coefficient (Wildman–Crippen LogP) is 6.61. The molecule has 194 valence electrons. The van der Waals surface area contributed by atoms with Crippen LogP contribution in [0.2, 0.25) is 10.0 Å². The molecule has 2 heterocycles. The van der Waals surface area contributed by atoms with E-state index in [-0.39, 0.29) is 26.9 Å². The van der Waals surface area contributed by atoms with Gasteiger partial charge in [-0.15, -0.1) is 0 Å². The third-order valence-corrected chi connectivity index (χ3v) is 7.89. The molecule has 0 bridgehead atoms. The Morgan fingerprint density at radius 1 is 1.08 bits per heavy atom. The van der Waals surface area contributed by atoms with Gasteiger partial charge in [-0.05, 0) is 54.4 Å². The number of aromatic nitrogens is 1. The minimum absolute atomic E-state index is 0.109. The summed E-state index contributed by atoms with van der Waals surface area (Å²) >= 11 is 13.8. The molecule has 0 radical (unpaired) electrons. The first-order chi connectivity index (χ1) is 18.1. The van der Waals surface area contributed by atoms with Crippen LogP contribution in [0.15, 0.2) is 60.2 Å². The molecular weight excluding hydrogens is 545 g/mol. The number of thiazole rings is 1. The number of carbonyl (C=O) groups is 2. The van der Waals surface area contributed by atoms with E-state index < -0.39 is 23.5 Å². The first-order valence-electron chi connectivity index (χ1n) is 11.6. The fourth-order valence-electron chi connectivity index (χ4n) is 4.51. The number of ether oxygens (including phenoxy) is 1. The Bertz CT molecular complexity index is 1630. The minimum atomic E-state index is -0.949. The van der Waals surface area contributed by atoms with Gasteiger partial charge in [0.15, 0.2) is 5.13 Å². The molecule has 4 aromatic rings. The number of rotatable bonds is 5. The standard InChI is InChI=1S/C28H23Cl2N3O4S/c1-14-5-10-20-21(11-14)38-28(31-20)33-23(15-6-8-17(9-7-15)32(2)3)22(25(35)27(33)36)24(34)18-12-16(29)13-19(30)26(18)37-4/h5-13,23,34H,1-4H3/b24-22+. The van der Waals surface area contributed by atoms with Crippen LogP contribution in [0.25, 0.3) is 16.0 Å². The number of aryl methyl sites for hydroxylation is 1. The van der Waals surface area contributed by atoms with Crippen LogP contribution in [-0.2, 0) is 9.59 Å². The summed E-state index contributed by atoms with van der Waals surface area (Å²) < 4.78 is 6.29. The van der Waals surface area contributed by atoms with Crippen LogP contribution in [0.1, 0.15) is 22.7 Å². The van der Waals surface area contributed by atoms with E-state index in [4.69, 9.17) is 27.9 Å². The minimum Gasteiger partial charge on any atom is -0.507 e. The number of ketones is 1. The largest absolute Gasteiger partial charge is 0.507 e. The van der Waals surface area contributed by atoms with Gasteiger partial charge in [-0.25, -0.2) is 4.98 Å². The maximum absolute atomic E-state index is 13.6. The number of Topliss-reactive ketones (excluding diaryl/α,β-unsaturated/α-hetero) is 1. The fraction of sp³-hybridized carbons (Fsp3) is 0.179. The Kier molecular flexibility index (Phi) is 6.81. The van der Waals surface area contributed by atoms with Gasteiger partial charge in [-0.1, -0.05) is 52.7 Å². The van der Waals surface area contributed by atoms with Crippen LogP contribution >= 0.6 is 34.5 Å². The molecule has 0 saturated carbocycles. The van der Waals surface area contributed by atoms with E-state index in [2.05, 4.69) is 4.98 Å². The highest BCUT2D eigenvalue weighted by Gasteiger charge is 2.48. The van der Waals surface area contributed by atoms with Crippen LogP contribution in [-0.4, -0.2) is 43.0 Å². The monoisotopic (exact) mass is 567 g/mol. The number of halogens is 2. The maximum Gasteiger partial charge on any atom is 0.301 e. The Morgan fingerprint density at radius 3 is 2.45 bits per heavy atom.